The molecule has 0 bridgehead atoms. The summed E-state index contributed by atoms with van der Waals surface area (Å²) in [5.74, 6) is 0.642. The first-order valence-corrected chi connectivity index (χ1v) is 4.00. The molecular weight excluding hydrogens is 140 g/mol. The van der Waals surface area contributed by atoms with Crippen LogP contribution in [0.15, 0.2) is 0 Å². The van der Waals surface area contributed by atoms with Crippen molar-refractivity contribution in [2.24, 2.45) is 11.7 Å². The molecule has 0 aliphatic heterocycles. The molecule has 66 valence electrons. The Morgan fingerprint density at radius 2 is 2.09 bits per heavy atom. The quantitative estimate of drug-likeness (QED) is 0.598. The van der Waals surface area contributed by atoms with Crippen LogP contribution in [0.5, 0.6) is 0 Å². The van der Waals surface area contributed by atoms with Crippen molar-refractivity contribution in [2.45, 2.75) is 26.8 Å². The van der Waals surface area contributed by atoms with Crippen LogP contribution in [0.3, 0.4) is 0 Å². The van der Waals surface area contributed by atoms with E-state index in [1.54, 1.807) is 6.92 Å². The molecule has 1 atom stereocenters. The Kier molecular flexibility index (Phi) is 5.07. The van der Waals surface area contributed by atoms with Crippen LogP contribution < -0.4 is 11.1 Å². The molecule has 0 fully saturated rings. The third-order valence-electron chi connectivity index (χ3n) is 1.67. The monoisotopic (exact) mass is 158 g/mol. The number of carbonyl (C=O) groups is 1. The second-order valence-corrected chi connectivity index (χ2v) is 3.17. The van der Waals surface area contributed by atoms with Crippen LogP contribution in [-0.4, -0.2) is 24.9 Å². The first-order valence-electron chi connectivity index (χ1n) is 4.00. The van der Waals surface area contributed by atoms with Crippen molar-refractivity contribution in [3.63, 3.8) is 0 Å². The number of carbonyl (C=O) groups excluding carboxylic acids is 1. The van der Waals surface area contributed by atoms with Gasteiger partial charge >= 0.3 is 0 Å². The Balaban J connectivity index is 3.61. The highest BCUT2D eigenvalue weighted by Crippen LogP contribution is 1.98. The van der Waals surface area contributed by atoms with Gasteiger partial charge in [-0.15, -0.1) is 0 Å². The maximum Gasteiger partial charge on any atom is 0.143 e. The highest BCUT2D eigenvalue weighted by atomic mass is 16.1. The van der Waals surface area contributed by atoms with E-state index >= 15 is 0 Å². The van der Waals surface area contributed by atoms with E-state index in [1.165, 1.54) is 0 Å². The third-order valence-corrected chi connectivity index (χ3v) is 1.67. The van der Waals surface area contributed by atoms with Gasteiger partial charge in [0.15, 0.2) is 0 Å². The molecule has 1 unspecified atom stereocenters. The van der Waals surface area contributed by atoms with Crippen molar-refractivity contribution in [3.05, 3.63) is 0 Å². The van der Waals surface area contributed by atoms with Gasteiger partial charge in [-0.2, -0.15) is 0 Å². The minimum atomic E-state index is 0.157. The predicted molar refractivity (Wildman–Crippen MR) is 46.4 cm³/mol. The summed E-state index contributed by atoms with van der Waals surface area (Å²) in [4.78, 5) is 10.6. The fourth-order valence-corrected chi connectivity index (χ4v) is 0.866. The lowest BCUT2D eigenvalue weighted by molar-refractivity contribution is -0.116. The van der Waals surface area contributed by atoms with Crippen LogP contribution in [0.25, 0.3) is 0 Å². The molecule has 3 heteroatoms. The third kappa shape index (κ3) is 4.93. The van der Waals surface area contributed by atoms with Crippen LogP contribution in [0.4, 0.5) is 0 Å². The van der Waals surface area contributed by atoms with E-state index < -0.39 is 0 Å². The number of rotatable bonds is 5. The predicted octanol–water partition coefficient (Wildman–Crippen LogP) is 0.148. The standard InChI is InChI=1S/C8H18N2O/c1-6(2)8(4-9)10-5-7(3)11/h6,8,10H,4-5,9H2,1-3H3. The van der Waals surface area contributed by atoms with E-state index in [9.17, 15) is 4.79 Å². The molecule has 11 heavy (non-hydrogen) atoms. The van der Waals surface area contributed by atoms with E-state index in [4.69, 9.17) is 5.73 Å². The highest BCUT2D eigenvalue weighted by molar-refractivity contribution is 5.77. The molecule has 0 aromatic carbocycles. The first kappa shape index (κ1) is 10.6. The lowest BCUT2D eigenvalue weighted by Gasteiger charge is -2.19. The Bertz CT molecular complexity index is 123. The maximum atomic E-state index is 10.6. The maximum absolute atomic E-state index is 10.6. The lowest BCUT2D eigenvalue weighted by atomic mass is 10.0. The summed E-state index contributed by atoms with van der Waals surface area (Å²) in [5, 5.41) is 3.09. The molecule has 0 aliphatic carbocycles. The molecule has 0 saturated carbocycles. The zero-order valence-electron chi connectivity index (χ0n) is 7.55. The van der Waals surface area contributed by atoms with Gasteiger partial charge in [0, 0.05) is 12.6 Å². The molecule has 0 amide bonds. The average Bonchev–Trinajstić information content (AvgIpc) is 1.87. The first-order chi connectivity index (χ1) is 5.07. The SMILES string of the molecule is CC(=O)CNC(CN)C(C)C. The minimum Gasteiger partial charge on any atom is -0.329 e. The zero-order valence-corrected chi connectivity index (χ0v) is 7.55. The van der Waals surface area contributed by atoms with Crippen molar-refractivity contribution in [1.82, 2.24) is 5.32 Å². The fourth-order valence-electron chi connectivity index (χ4n) is 0.866. The molecule has 0 heterocycles. The van der Waals surface area contributed by atoms with E-state index in [0.717, 1.165) is 0 Å². The Morgan fingerprint density at radius 3 is 2.36 bits per heavy atom. The summed E-state index contributed by atoms with van der Waals surface area (Å²) >= 11 is 0. The van der Waals surface area contributed by atoms with E-state index in [2.05, 4.69) is 19.2 Å². The number of Topliss-reactive ketones (excluding diaryl/α,β-unsaturated/α-hetero) is 1. The van der Waals surface area contributed by atoms with E-state index in [-0.39, 0.29) is 11.8 Å². The van der Waals surface area contributed by atoms with E-state index in [0.29, 0.717) is 19.0 Å². The minimum absolute atomic E-state index is 0.157. The molecule has 0 saturated heterocycles. The summed E-state index contributed by atoms with van der Waals surface area (Å²) in [6.07, 6.45) is 0. The van der Waals surface area contributed by atoms with Crippen LogP contribution >= 0.6 is 0 Å². The van der Waals surface area contributed by atoms with Gasteiger partial charge in [-0.3, -0.25) is 4.79 Å². The van der Waals surface area contributed by atoms with Crippen LogP contribution in [0.1, 0.15) is 20.8 Å². The van der Waals surface area contributed by atoms with Gasteiger partial charge in [-0.25, -0.2) is 0 Å². The topological polar surface area (TPSA) is 55.1 Å². The van der Waals surface area contributed by atoms with Gasteiger partial charge in [-0.05, 0) is 12.8 Å². The molecule has 0 radical (unpaired) electrons. The Labute approximate surface area is 68.3 Å². The summed E-state index contributed by atoms with van der Waals surface area (Å²) in [6, 6.07) is 0.263. The fraction of sp³-hybridized carbons (Fsp3) is 0.875. The van der Waals surface area contributed by atoms with Gasteiger partial charge in [0.05, 0.1) is 6.54 Å². The van der Waals surface area contributed by atoms with Gasteiger partial charge in [0.1, 0.15) is 5.78 Å². The highest BCUT2D eigenvalue weighted by Gasteiger charge is 2.10. The average molecular weight is 158 g/mol. The number of hydrogen-bond donors (Lipinski definition) is 2. The summed E-state index contributed by atoms with van der Waals surface area (Å²) in [5.41, 5.74) is 5.49. The summed E-state index contributed by atoms with van der Waals surface area (Å²) in [7, 11) is 0. The van der Waals surface area contributed by atoms with E-state index in [1.807, 2.05) is 0 Å². The van der Waals surface area contributed by atoms with Crippen molar-refractivity contribution in [1.29, 1.82) is 0 Å². The number of ketones is 1. The molecular formula is C8H18N2O. The van der Waals surface area contributed by atoms with Gasteiger partial charge in [0.2, 0.25) is 0 Å². The number of hydrogen-bond acceptors (Lipinski definition) is 3. The second kappa shape index (κ2) is 5.27. The normalized spacial score (nSPS) is 13.5. The molecule has 0 rings (SSSR count). The molecule has 0 aromatic heterocycles. The second-order valence-electron chi connectivity index (χ2n) is 3.17. The molecule has 0 spiro atoms. The van der Waals surface area contributed by atoms with Gasteiger partial charge in [-0.1, -0.05) is 13.8 Å². The Morgan fingerprint density at radius 1 is 1.55 bits per heavy atom. The summed E-state index contributed by atoms with van der Waals surface area (Å²) < 4.78 is 0. The van der Waals surface area contributed by atoms with Crippen molar-refractivity contribution < 1.29 is 4.79 Å². The summed E-state index contributed by atoms with van der Waals surface area (Å²) in [6.45, 7) is 6.77. The smallest absolute Gasteiger partial charge is 0.143 e. The van der Waals surface area contributed by atoms with Crippen LogP contribution in [-0.2, 0) is 4.79 Å². The number of nitrogens with two attached hydrogens (primary N) is 1. The van der Waals surface area contributed by atoms with Crippen LogP contribution in [0, 0.1) is 5.92 Å². The van der Waals surface area contributed by atoms with Crippen molar-refractivity contribution >= 4 is 5.78 Å². The van der Waals surface area contributed by atoms with Gasteiger partial charge < -0.3 is 11.1 Å². The zero-order chi connectivity index (χ0) is 8.85. The van der Waals surface area contributed by atoms with Crippen LogP contribution in [0.2, 0.25) is 0 Å². The number of nitrogens with one attached hydrogen (secondary N) is 1. The largest absolute Gasteiger partial charge is 0.329 e. The van der Waals surface area contributed by atoms with Crippen molar-refractivity contribution in [3.8, 4) is 0 Å². The van der Waals surface area contributed by atoms with Gasteiger partial charge in [0.25, 0.3) is 0 Å². The van der Waals surface area contributed by atoms with Crippen molar-refractivity contribution in [2.75, 3.05) is 13.1 Å². The molecule has 0 aliphatic rings. The Hall–Kier alpha value is -0.410. The molecule has 0 aromatic rings. The molecule has 3 N–H and O–H groups in total. The molecule has 3 nitrogen and oxygen atoms in total. The lowest BCUT2D eigenvalue weighted by Crippen LogP contribution is -2.42.